The van der Waals surface area contributed by atoms with E-state index in [1.54, 1.807) is 24.4 Å². The number of piperidine rings is 1. The molecule has 40 heavy (non-hydrogen) atoms. The largest absolute Gasteiger partial charge is 0.478 e. The third-order valence-corrected chi connectivity index (χ3v) is 7.03. The summed E-state index contributed by atoms with van der Waals surface area (Å²) >= 11 is 0. The Bertz CT molecular complexity index is 1570. The molecule has 0 saturated carbocycles. The van der Waals surface area contributed by atoms with Gasteiger partial charge in [0, 0.05) is 24.9 Å². The lowest BCUT2D eigenvalue weighted by Crippen LogP contribution is -2.50. The van der Waals surface area contributed by atoms with Crippen molar-refractivity contribution >= 4 is 23.5 Å². The number of carbonyl (C=O) groups is 2. The molecule has 6 rings (SSSR count). The number of ketones is 1. The van der Waals surface area contributed by atoms with Gasteiger partial charge in [-0.05, 0) is 79.6 Å². The lowest BCUT2D eigenvalue weighted by Gasteiger charge is -2.41. The van der Waals surface area contributed by atoms with E-state index in [1.165, 1.54) is 24.3 Å². The number of non-ortho nitro benzene ring substituents is 1. The summed E-state index contributed by atoms with van der Waals surface area (Å²) in [6.45, 7) is 1.43. The molecule has 2 N–H and O–H groups in total. The highest BCUT2D eigenvalue weighted by atomic mass is 19.1. The highest BCUT2D eigenvalue weighted by Crippen LogP contribution is 2.44. The van der Waals surface area contributed by atoms with Crippen molar-refractivity contribution in [2.24, 2.45) is 5.41 Å². The number of fused-ring (bicyclic) bond motifs is 2. The van der Waals surface area contributed by atoms with Gasteiger partial charge in [0.25, 0.3) is 5.69 Å². The van der Waals surface area contributed by atoms with Crippen LogP contribution >= 0.6 is 0 Å². The number of nitro benzene ring substituents is 1. The first-order chi connectivity index (χ1) is 19.3. The molecule has 1 atom stereocenters. The van der Waals surface area contributed by atoms with Crippen LogP contribution in [0.5, 0.6) is 0 Å². The zero-order chi connectivity index (χ0) is 28.3. The Hall–Kier alpha value is -5.03. The van der Waals surface area contributed by atoms with Crippen molar-refractivity contribution in [3.05, 3.63) is 123 Å². The molecule has 1 aliphatic carbocycles. The maximum absolute atomic E-state index is 13.5. The first-order valence-corrected chi connectivity index (χ1v) is 12.5. The number of aromatic carboxylic acids is 1. The number of hydrogen-bond acceptors (Lipinski definition) is 7. The number of nitro groups is 1. The summed E-state index contributed by atoms with van der Waals surface area (Å²) in [5.41, 5.74) is 3.69. The van der Waals surface area contributed by atoms with Gasteiger partial charge in [-0.15, -0.1) is 0 Å². The average Bonchev–Trinajstić information content (AvgIpc) is 3.39. The van der Waals surface area contributed by atoms with Gasteiger partial charge >= 0.3 is 5.97 Å². The maximum Gasteiger partial charge on any atom is 0.335 e. The summed E-state index contributed by atoms with van der Waals surface area (Å²) in [4.78, 5) is 37.6. The van der Waals surface area contributed by atoms with Gasteiger partial charge in [-0.3, -0.25) is 19.9 Å². The molecule has 1 aliphatic heterocycles. The highest BCUT2D eigenvalue weighted by molar-refractivity contribution is 6.02. The summed E-state index contributed by atoms with van der Waals surface area (Å²) in [5.74, 6) is -1.32. The van der Waals surface area contributed by atoms with E-state index < -0.39 is 16.3 Å². The first-order valence-electron chi connectivity index (χ1n) is 12.5. The normalized spacial score (nSPS) is 17.4. The number of rotatable bonds is 5. The van der Waals surface area contributed by atoms with Crippen molar-refractivity contribution in [2.45, 2.75) is 12.8 Å². The summed E-state index contributed by atoms with van der Waals surface area (Å²) in [5, 5.41) is 26.5. The number of hydrogen-bond donors (Lipinski definition) is 2. The van der Waals surface area contributed by atoms with Crippen LogP contribution in [0.25, 0.3) is 11.8 Å². The lowest BCUT2D eigenvalue weighted by atomic mass is 9.65. The van der Waals surface area contributed by atoms with E-state index in [1.807, 2.05) is 23.0 Å². The average molecular weight is 542 g/mol. The van der Waals surface area contributed by atoms with Crippen LogP contribution in [0.15, 0.2) is 84.7 Å². The molecule has 10 nitrogen and oxygen atoms in total. The van der Waals surface area contributed by atoms with Crippen LogP contribution < -0.4 is 5.32 Å². The number of pyridine rings is 1. The molecule has 0 amide bonds. The highest BCUT2D eigenvalue weighted by Gasteiger charge is 2.47. The monoisotopic (exact) mass is 541 g/mol. The third-order valence-electron chi connectivity index (χ3n) is 7.03. The Morgan fingerprint density at radius 1 is 1.07 bits per heavy atom. The predicted molar refractivity (Wildman–Crippen MR) is 144 cm³/mol. The molecular weight excluding hydrogens is 517 g/mol. The lowest BCUT2D eigenvalue weighted by molar-refractivity contribution is -0.384. The quantitative estimate of drug-likeness (QED) is 0.214. The Labute approximate surface area is 228 Å². The number of carbonyl (C=O) groups excluding carboxylic acids is 1. The van der Waals surface area contributed by atoms with E-state index in [9.17, 15) is 24.1 Å². The Kier molecular flexibility index (Phi) is 7.30. The van der Waals surface area contributed by atoms with Crippen molar-refractivity contribution in [1.29, 1.82) is 0 Å². The van der Waals surface area contributed by atoms with Gasteiger partial charge in [-0.25, -0.2) is 13.9 Å². The second-order valence-electron chi connectivity index (χ2n) is 9.45. The zero-order valence-corrected chi connectivity index (χ0v) is 21.2. The van der Waals surface area contributed by atoms with Crippen LogP contribution in [0.3, 0.4) is 0 Å². The number of nitrogens with zero attached hydrogens (tertiary/aromatic N) is 4. The van der Waals surface area contributed by atoms with E-state index in [0.29, 0.717) is 18.7 Å². The molecule has 0 bridgehead atoms. The molecule has 4 aromatic rings. The van der Waals surface area contributed by atoms with Gasteiger partial charge in [0.2, 0.25) is 0 Å². The number of benzene rings is 2. The number of carboxylic acids is 1. The second kappa shape index (κ2) is 11.0. The molecule has 3 heterocycles. The number of halogens is 1. The van der Waals surface area contributed by atoms with Crippen molar-refractivity contribution in [3.8, 4) is 5.69 Å². The minimum Gasteiger partial charge on any atom is -0.478 e. The van der Waals surface area contributed by atoms with Crippen LogP contribution in [0.4, 0.5) is 10.1 Å². The van der Waals surface area contributed by atoms with Crippen molar-refractivity contribution in [2.75, 3.05) is 13.1 Å². The molecule has 1 saturated heterocycles. The van der Waals surface area contributed by atoms with E-state index in [4.69, 9.17) is 5.11 Å². The fourth-order valence-electron chi connectivity index (χ4n) is 5.00. The van der Waals surface area contributed by atoms with Crippen LogP contribution in [0.1, 0.15) is 38.5 Å². The SMILES string of the molecule is O=C(O)c1ccc([N+](=O)[O-])cc1.O=C(c1ccccn1)C12CNCCC1=Cc1c(cnn1-c1ccc(F)cc1)C2. The molecule has 1 fully saturated rings. The van der Waals surface area contributed by atoms with Crippen LogP contribution in [-0.2, 0) is 6.42 Å². The Balaban J connectivity index is 0.000000227. The number of aromatic nitrogens is 3. The van der Waals surface area contributed by atoms with Crippen LogP contribution in [0.2, 0.25) is 0 Å². The molecule has 2 aromatic heterocycles. The van der Waals surface area contributed by atoms with Crippen molar-refractivity contribution < 1.29 is 24.0 Å². The van der Waals surface area contributed by atoms with E-state index in [2.05, 4.69) is 21.5 Å². The minimum atomic E-state index is -1.09. The van der Waals surface area contributed by atoms with Crippen LogP contribution in [0, 0.1) is 21.3 Å². The predicted octanol–water partition coefficient (Wildman–Crippen LogP) is 4.50. The summed E-state index contributed by atoms with van der Waals surface area (Å²) in [6, 6.07) is 16.4. The molecule has 2 aromatic carbocycles. The van der Waals surface area contributed by atoms with Gasteiger partial charge in [0.05, 0.1) is 33.5 Å². The van der Waals surface area contributed by atoms with Gasteiger partial charge in [0.1, 0.15) is 11.5 Å². The van der Waals surface area contributed by atoms with Crippen molar-refractivity contribution in [1.82, 2.24) is 20.1 Å². The fraction of sp³-hybridized carbons (Fsp3) is 0.172. The molecular formula is C29H24FN5O5. The van der Waals surface area contributed by atoms with E-state index in [-0.39, 0.29) is 22.9 Å². The minimum absolute atomic E-state index is 0.0422. The Morgan fingerprint density at radius 2 is 1.82 bits per heavy atom. The van der Waals surface area contributed by atoms with E-state index in [0.717, 1.165) is 47.6 Å². The molecule has 2 aliphatic rings. The molecule has 0 spiro atoms. The van der Waals surface area contributed by atoms with Gasteiger partial charge in [-0.1, -0.05) is 11.6 Å². The molecule has 1 unspecified atom stereocenters. The standard InChI is InChI=1S/C22H19FN4O.C7H5NO4/c23-17-4-6-18(7-5-17)27-20-11-16-8-10-24-14-22(16,12-15(20)13-26-27)21(28)19-3-1-2-9-25-19;9-7(10)5-1-3-6(4-2-5)8(11)12/h1-7,9,11,13,24H,8,10,12,14H2;1-4H,(H,9,10). The van der Waals surface area contributed by atoms with Gasteiger partial charge < -0.3 is 10.4 Å². The van der Waals surface area contributed by atoms with E-state index >= 15 is 0 Å². The number of nitrogens with one attached hydrogen (secondary N) is 1. The maximum atomic E-state index is 13.5. The second-order valence-corrected chi connectivity index (χ2v) is 9.45. The number of Topliss-reactive ketones (excluding diaryl/α,β-unsaturated/α-hetero) is 1. The summed E-state index contributed by atoms with van der Waals surface area (Å²) < 4.78 is 15.1. The smallest absolute Gasteiger partial charge is 0.335 e. The van der Waals surface area contributed by atoms with Crippen LogP contribution in [-0.4, -0.2) is 49.6 Å². The van der Waals surface area contributed by atoms with Gasteiger partial charge in [0.15, 0.2) is 5.78 Å². The third kappa shape index (κ3) is 5.14. The zero-order valence-electron chi connectivity index (χ0n) is 21.2. The first kappa shape index (κ1) is 26.6. The topological polar surface area (TPSA) is 140 Å². The fourth-order valence-corrected chi connectivity index (χ4v) is 5.00. The Morgan fingerprint density at radius 3 is 2.48 bits per heavy atom. The summed E-state index contributed by atoms with van der Waals surface area (Å²) in [6.07, 6.45) is 6.94. The number of carboxylic acid groups (broad SMARTS) is 1. The molecule has 0 radical (unpaired) electrons. The summed E-state index contributed by atoms with van der Waals surface area (Å²) in [7, 11) is 0. The molecule has 11 heteroatoms. The van der Waals surface area contributed by atoms with Gasteiger partial charge in [-0.2, -0.15) is 5.10 Å². The van der Waals surface area contributed by atoms with Crippen molar-refractivity contribution in [3.63, 3.8) is 0 Å². The molecule has 202 valence electrons.